The van der Waals surface area contributed by atoms with Crippen molar-refractivity contribution in [1.82, 2.24) is 0 Å². The highest BCUT2D eigenvalue weighted by atomic mass is 19.1. The molecule has 0 aliphatic heterocycles. The molecule has 3 nitrogen and oxygen atoms in total. The number of carbonyl (C=O) groups excluding carboxylic acids is 1. The van der Waals surface area contributed by atoms with Crippen LogP contribution in [0.4, 0.5) is 4.39 Å². The largest absolute Gasteiger partial charge is 0.466 e. The third kappa shape index (κ3) is 3.53. The number of esters is 1. The average Bonchev–Trinajstić information content (AvgIpc) is 2.37. The highest BCUT2D eigenvalue weighted by Crippen LogP contribution is 2.31. The molecule has 0 heterocycles. The SMILES string of the molecule is CCOC(=O)CCC(O)(CC)c1ccccc1F. The van der Waals surface area contributed by atoms with Crippen LogP contribution >= 0.6 is 0 Å². The van der Waals surface area contributed by atoms with E-state index in [-0.39, 0.29) is 24.4 Å². The zero-order valence-corrected chi connectivity index (χ0v) is 10.8. The second-order valence-electron chi connectivity index (χ2n) is 4.17. The molecule has 4 heteroatoms. The maximum Gasteiger partial charge on any atom is 0.305 e. The first kappa shape index (κ1) is 14.6. The molecular weight excluding hydrogens is 235 g/mol. The Morgan fingerprint density at radius 3 is 2.61 bits per heavy atom. The van der Waals surface area contributed by atoms with Gasteiger partial charge in [0.2, 0.25) is 0 Å². The molecule has 0 aliphatic rings. The summed E-state index contributed by atoms with van der Waals surface area (Å²) in [6.07, 6.45) is 0.573. The van der Waals surface area contributed by atoms with Crippen LogP contribution in [0.5, 0.6) is 0 Å². The minimum absolute atomic E-state index is 0.0759. The third-order valence-corrected chi connectivity index (χ3v) is 3.01. The fraction of sp³-hybridized carbons (Fsp3) is 0.500. The van der Waals surface area contributed by atoms with E-state index in [9.17, 15) is 14.3 Å². The molecular formula is C14H19FO3. The van der Waals surface area contributed by atoms with E-state index in [4.69, 9.17) is 4.74 Å². The predicted octanol–water partition coefficient (Wildman–Crippen LogP) is 2.77. The zero-order chi connectivity index (χ0) is 13.6. The monoisotopic (exact) mass is 254 g/mol. The van der Waals surface area contributed by atoms with Crippen LogP contribution in [0.3, 0.4) is 0 Å². The quantitative estimate of drug-likeness (QED) is 0.794. The van der Waals surface area contributed by atoms with Crippen LogP contribution < -0.4 is 0 Å². The minimum Gasteiger partial charge on any atom is -0.466 e. The van der Waals surface area contributed by atoms with Gasteiger partial charge < -0.3 is 9.84 Å². The van der Waals surface area contributed by atoms with Gasteiger partial charge in [0.05, 0.1) is 12.2 Å². The summed E-state index contributed by atoms with van der Waals surface area (Å²) in [4.78, 5) is 11.3. The topological polar surface area (TPSA) is 46.5 Å². The molecule has 1 aromatic rings. The highest BCUT2D eigenvalue weighted by Gasteiger charge is 2.30. The van der Waals surface area contributed by atoms with Crippen molar-refractivity contribution in [3.8, 4) is 0 Å². The van der Waals surface area contributed by atoms with Gasteiger partial charge in [-0.1, -0.05) is 25.1 Å². The Labute approximate surface area is 107 Å². The lowest BCUT2D eigenvalue weighted by molar-refractivity contribution is -0.144. The molecule has 0 aromatic heterocycles. The van der Waals surface area contributed by atoms with Gasteiger partial charge >= 0.3 is 5.97 Å². The summed E-state index contributed by atoms with van der Waals surface area (Å²) in [7, 11) is 0. The van der Waals surface area contributed by atoms with Crippen molar-refractivity contribution in [2.45, 2.75) is 38.7 Å². The van der Waals surface area contributed by atoms with E-state index >= 15 is 0 Å². The molecule has 0 saturated heterocycles. The van der Waals surface area contributed by atoms with E-state index in [1.165, 1.54) is 6.07 Å². The smallest absolute Gasteiger partial charge is 0.305 e. The van der Waals surface area contributed by atoms with Gasteiger partial charge in [0.15, 0.2) is 0 Å². The Kier molecular flexibility index (Phi) is 5.28. The van der Waals surface area contributed by atoms with Gasteiger partial charge in [0, 0.05) is 12.0 Å². The molecule has 100 valence electrons. The maximum absolute atomic E-state index is 13.7. The molecule has 0 spiro atoms. The van der Waals surface area contributed by atoms with Gasteiger partial charge in [0.1, 0.15) is 5.82 Å². The Morgan fingerprint density at radius 1 is 1.39 bits per heavy atom. The standard InChI is InChI=1S/C14H19FO3/c1-3-14(17,10-9-13(16)18-4-2)11-7-5-6-8-12(11)15/h5-8,17H,3-4,9-10H2,1-2H3. The van der Waals surface area contributed by atoms with E-state index < -0.39 is 11.4 Å². The molecule has 0 saturated carbocycles. The molecule has 1 rings (SSSR count). The van der Waals surface area contributed by atoms with Gasteiger partial charge in [-0.05, 0) is 25.8 Å². The first-order valence-corrected chi connectivity index (χ1v) is 6.16. The van der Waals surface area contributed by atoms with E-state index in [1.807, 2.05) is 0 Å². The van der Waals surface area contributed by atoms with Crippen molar-refractivity contribution in [2.24, 2.45) is 0 Å². The molecule has 1 unspecified atom stereocenters. The summed E-state index contributed by atoms with van der Waals surface area (Å²) >= 11 is 0. The number of benzene rings is 1. The van der Waals surface area contributed by atoms with Crippen molar-refractivity contribution in [3.05, 3.63) is 35.6 Å². The fourth-order valence-electron chi connectivity index (χ4n) is 1.88. The average molecular weight is 254 g/mol. The van der Waals surface area contributed by atoms with Crippen LogP contribution in [0.2, 0.25) is 0 Å². The number of rotatable bonds is 6. The second-order valence-corrected chi connectivity index (χ2v) is 4.17. The second kappa shape index (κ2) is 6.50. The lowest BCUT2D eigenvalue weighted by Gasteiger charge is -2.27. The molecule has 0 amide bonds. The molecule has 1 aromatic carbocycles. The summed E-state index contributed by atoms with van der Waals surface area (Å²) in [5, 5.41) is 10.4. The lowest BCUT2D eigenvalue weighted by atomic mass is 9.86. The van der Waals surface area contributed by atoms with E-state index in [0.717, 1.165) is 0 Å². The fourth-order valence-corrected chi connectivity index (χ4v) is 1.88. The van der Waals surface area contributed by atoms with Gasteiger partial charge in [0.25, 0.3) is 0 Å². The lowest BCUT2D eigenvalue weighted by Crippen LogP contribution is -2.27. The Bertz CT molecular complexity index is 406. The summed E-state index contributed by atoms with van der Waals surface area (Å²) < 4.78 is 18.5. The summed E-state index contributed by atoms with van der Waals surface area (Å²) in [6, 6.07) is 6.09. The maximum atomic E-state index is 13.7. The molecule has 1 N–H and O–H groups in total. The summed E-state index contributed by atoms with van der Waals surface area (Å²) in [5.74, 6) is -0.827. The summed E-state index contributed by atoms with van der Waals surface area (Å²) in [6.45, 7) is 3.79. The third-order valence-electron chi connectivity index (χ3n) is 3.01. The first-order chi connectivity index (χ1) is 8.53. The van der Waals surface area contributed by atoms with Crippen molar-refractivity contribution in [3.63, 3.8) is 0 Å². The Balaban J connectivity index is 2.80. The van der Waals surface area contributed by atoms with Gasteiger partial charge in [-0.15, -0.1) is 0 Å². The highest BCUT2D eigenvalue weighted by molar-refractivity contribution is 5.69. The Hall–Kier alpha value is -1.42. The number of aliphatic hydroxyl groups is 1. The molecule has 1 atom stereocenters. The van der Waals surface area contributed by atoms with Crippen molar-refractivity contribution < 1.29 is 19.0 Å². The van der Waals surface area contributed by atoms with Gasteiger partial charge in [-0.3, -0.25) is 4.79 Å². The van der Waals surface area contributed by atoms with E-state index in [0.29, 0.717) is 13.0 Å². The molecule has 0 aliphatic carbocycles. The zero-order valence-electron chi connectivity index (χ0n) is 10.8. The number of hydrogen-bond acceptors (Lipinski definition) is 3. The summed E-state index contributed by atoms with van der Waals surface area (Å²) in [5.41, 5.74) is -1.09. The van der Waals surface area contributed by atoms with Crippen LogP contribution in [0.15, 0.2) is 24.3 Å². The first-order valence-electron chi connectivity index (χ1n) is 6.16. The van der Waals surface area contributed by atoms with Gasteiger partial charge in [-0.25, -0.2) is 4.39 Å². The van der Waals surface area contributed by atoms with Crippen molar-refractivity contribution in [2.75, 3.05) is 6.61 Å². The van der Waals surface area contributed by atoms with Crippen molar-refractivity contribution >= 4 is 5.97 Å². The van der Waals surface area contributed by atoms with E-state index in [1.54, 1.807) is 32.0 Å². The van der Waals surface area contributed by atoms with Gasteiger partial charge in [-0.2, -0.15) is 0 Å². The molecule has 0 radical (unpaired) electrons. The van der Waals surface area contributed by atoms with Crippen LogP contribution in [0.1, 0.15) is 38.7 Å². The van der Waals surface area contributed by atoms with Crippen LogP contribution in [-0.4, -0.2) is 17.7 Å². The number of carbonyl (C=O) groups is 1. The van der Waals surface area contributed by atoms with Crippen molar-refractivity contribution in [1.29, 1.82) is 0 Å². The van der Waals surface area contributed by atoms with E-state index in [2.05, 4.69) is 0 Å². The number of hydrogen-bond donors (Lipinski definition) is 1. The minimum atomic E-state index is -1.32. The molecule has 0 fully saturated rings. The molecule has 18 heavy (non-hydrogen) atoms. The number of ether oxygens (including phenoxy) is 1. The Morgan fingerprint density at radius 2 is 2.06 bits per heavy atom. The van der Waals surface area contributed by atoms with Crippen LogP contribution in [-0.2, 0) is 15.1 Å². The predicted molar refractivity (Wildman–Crippen MR) is 66.5 cm³/mol. The van der Waals surface area contributed by atoms with Crippen LogP contribution in [0.25, 0.3) is 0 Å². The molecule has 0 bridgehead atoms. The normalized spacial score (nSPS) is 14.0. The van der Waals surface area contributed by atoms with Crippen LogP contribution in [0, 0.1) is 5.82 Å². The number of halogens is 1.